The van der Waals surface area contributed by atoms with Gasteiger partial charge in [0.05, 0.1) is 37.2 Å². The van der Waals surface area contributed by atoms with Crippen LogP contribution < -0.4 is 4.90 Å². The number of anilines is 1. The number of nitriles is 1. The van der Waals surface area contributed by atoms with E-state index in [-0.39, 0.29) is 35.4 Å². The van der Waals surface area contributed by atoms with E-state index in [4.69, 9.17) is 4.74 Å². The van der Waals surface area contributed by atoms with Gasteiger partial charge in [-0.15, -0.1) is 5.10 Å². The van der Waals surface area contributed by atoms with Crippen molar-refractivity contribution in [1.82, 2.24) is 24.8 Å². The fourth-order valence-electron chi connectivity index (χ4n) is 9.02. The SMILES string of the molecule is COC(=O)C[C@H]1CCC[C@@H]1[C@](Cn1ccnn1)(c1cccc(F)c1)C1CCN(CC2CN(c3ccc(C#N)c(CN(C)C)c3F)C2)CC1. The van der Waals surface area contributed by atoms with Crippen molar-refractivity contribution in [2.45, 2.75) is 57.0 Å². The van der Waals surface area contributed by atoms with Crippen molar-refractivity contribution >= 4 is 11.7 Å². The maximum atomic E-state index is 15.5. The predicted molar refractivity (Wildman–Crippen MR) is 179 cm³/mol. The second-order valence-corrected chi connectivity index (χ2v) is 14.3. The fourth-order valence-corrected chi connectivity index (χ4v) is 9.02. The number of nitrogens with zero attached hydrogens (tertiary/aromatic N) is 7. The number of likely N-dealkylation sites (tertiary alicyclic amines) is 1. The number of halogens is 2. The third-order valence-corrected chi connectivity index (χ3v) is 11.2. The number of rotatable bonds is 12. The van der Waals surface area contributed by atoms with Gasteiger partial charge in [0.25, 0.3) is 0 Å². The Balaban J connectivity index is 1.18. The summed E-state index contributed by atoms with van der Waals surface area (Å²) < 4.78 is 37.5. The van der Waals surface area contributed by atoms with Gasteiger partial charge in [-0.05, 0) is 100 Å². The molecule has 3 atom stereocenters. The lowest BCUT2D eigenvalue weighted by Gasteiger charge is -2.51. The zero-order valence-corrected chi connectivity index (χ0v) is 28.3. The average molecular weight is 660 g/mol. The number of hydrogen-bond donors (Lipinski definition) is 0. The maximum Gasteiger partial charge on any atom is 0.305 e. The summed E-state index contributed by atoms with van der Waals surface area (Å²) in [4.78, 5) is 19.1. The van der Waals surface area contributed by atoms with E-state index in [0.717, 1.165) is 70.4 Å². The summed E-state index contributed by atoms with van der Waals surface area (Å²) in [6.45, 7) is 5.29. The van der Waals surface area contributed by atoms with Crippen LogP contribution in [-0.2, 0) is 28.0 Å². The van der Waals surface area contributed by atoms with Gasteiger partial charge < -0.3 is 19.4 Å². The normalized spacial score (nSPS) is 22.0. The molecular formula is C37H47F2N7O2. The molecule has 2 aliphatic heterocycles. The number of esters is 1. The lowest BCUT2D eigenvalue weighted by molar-refractivity contribution is -0.142. The molecule has 2 saturated heterocycles. The lowest BCUT2D eigenvalue weighted by atomic mass is 9.57. The number of piperidine rings is 1. The van der Waals surface area contributed by atoms with Gasteiger partial charge in [-0.1, -0.05) is 23.8 Å². The molecule has 0 unspecified atom stereocenters. The van der Waals surface area contributed by atoms with Crippen molar-refractivity contribution in [3.8, 4) is 6.07 Å². The van der Waals surface area contributed by atoms with Crippen molar-refractivity contribution in [2.75, 3.05) is 58.8 Å². The van der Waals surface area contributed by atoms with Gasteiger partial charge in [0, 0.05) is 55.7 Å². The number of methoxy groups -OCH3 is 1. The minimum atomic E-state index is -0.429. The van der Waals surface area contributed by atoms with Gasteiger partial charge in [0.1, 0.15) is 5.82 Å². The Morgan fingerprint density at radius 2 is 1.92 bits per heavy atom. The van der Waals surface area contributed by atoms with Gasteiger partial charge in [-0.25, -0.2) is 8.78 Å². The molecule has 0 N–H and O–H groups in total. The van der Waals surface area contributed by atoms with Crippen LogP contribution in [0.2, 0.25) is 0 Å². The topological polar surface area (TPSA) is 90.5 Å². The van der Waals surface area contributed by atoms with Crippen LogP contribution in [0.25, 0.3) is 0 Å². The molecule has 11 heteroatoms. The predicted octanol–water partition coefficient (Wildman–Crippen LogP) is 5.26. The number of carbonyl (C=O) groups excluding carboxylic acids is 1. The molecule has 0 spiro atoms. The molecular weight excluding hydrogens is 612 g/mol. The molecule has 1 saturated carbocycles. The van der Waals surface area contributed by atoms with Crippen LogP contribution in [0.5, 0.6) is 0 Å². The Bertz CT molecular complexity index is 1600. The second-order valence-electron chi connectivity index (χ2n) is 14.3. The third-order valence-electron chi connectivity index (χ3n) is 11.2. The summed E-state index contributed by atoms with van der Waals surface area (Å²) in [5.41, 5.74) is 1.96. The van der Waals surface area contributed by atoms with Crippen LogP contribution >= 0.6 is 0 Å². The van der Waals surface area contributed by atoms with Crippen LogP contribution in [-0.4, -0.2) is 84.7 Å². The van der Waals surface area contributed by atoms with Crippen molar-refractivity contribution in [3.05, 3.63) is 77.1 Å². The summed E-state index contributed by atoms with van der Waals surface area (Å²) in [7, 11) is 5.20. The number of carbonyl (C=O) groups is 1. The first-order chi connectivity index (χ1) is 23.2. The van der Waals surface area contributed by atoms with Crippen molar-refractivity contribution in [2.24, 2.45) is 23.7 Å². The van der Waals surface area contributed by atoms with Crippen molar-refractivity contribution in [3.63, 3.8) is 0 Å². The van der Waals surface area contributed by atoms with Crippen molar-refractivity contribution in [1.29, 1.82) is 5.26 Å². The molecule has 1 aromatic heterocycles. The number of benzene rings is 2. The summed E-state index contributed by atoms with van der Waals surface area (Å²) >= 11 is 0. The molecule has 256 valence electrons. The molecule has 3 heterocycles. The highest BCUT2D eigenvalue weighted by Crippen LogP contribution is 2.54. The molecule has 2 aromatic carbocycles. The molecule has 48 heavy (non-hydrogen) atoms. The Morgan fingerprint density at radius 3 is 2.58 bits per heavy atom. The number of ether oxygens (including phenoxy) is 1. The monoisotopic (exact) mass is 659 g/mol. The van der Waals surface area contributed by atoms with Crippen LogP contribution in [0.4, 0.5) is 14.5 Å². The summed E-state index contributed by atoms with van der Waals surface area (Å²) in [5.74, 6) is 0.251. The summed E-state index contributed by atoms with van der Waals surface area (Å²) in [5, 5.41) is 18.0. The maximum absolute atomic E-state index is 15.5. The Labute approximate surface area is 282 Å². The van der Waals surface area contributed by atoms with Crippen molar-refractivity contribution < 1.29 is 18.3 Å². The van der Waals surface area contributed by atoms with E-state index in [1.54, 1.807) is 24.4 Å². The van der Waals surface area contributed by atoms with Crippen LogP contribution in [0.15, 0.2) is 48.8 Å². The Morgan fingerprint density at radius 1 is 1.12 bits per heavy atom. The fraction of sp³-hybridized carbons (Fsp3) is 0.568. The lowest BCUT2D eigenvalue weighted by Crippen LogP contribution is -2.55. The van der Waals surface area contributed by atoms with Crippen LogP contribution in [0.1, 0.15) is 55.2 Å². The highest BCUT2D eigenvalue weighted by atomic mass is 19.1. The number of aromatic nitrogens is 3. The standard InChI is InChI=1S/C37H47F2N7O2/c1-43(2)24-32-28(20-40)10-11-34(36(32)39)45-22-26(23-45)21-44-15-12-29(13-16-44)37(25-46-17-14-41-42-46,30-7-5-8-31(38)19-30)33-9-4-6-27(33)18-35(47)48-3/h5,7-8,10-11,14,17,19,26-27,29,33H,4,6,9,12-13,15-16,18,21-25H2,1-3H3/t27-,33+,37+/m1/s1. The zero-order chi connectivity index (χ0) is 33.8. The first-order valence-corrected chi connectivity index (χ1v) is 17.2. The highest BCUT2D eigenvalue weighted by Gasteiger charge is 2.52. The zero-order valence-electron chi connectivity index (χ0n) is 28.3. The first kappa shape index (κ1) is 34.0. The van der Waals surface area contributed by atoms with E-state index in [1.807, 2.05) is 35.9 Å². The van der Waals surface area contributed by atoms with Gasteiger partial charge >= 0.3 is 5.97 Å². The van der Waals surface area contributed by atoms with Gasteiger partial charge in [-0.2, -0.15) is 5.26 Å². The van der Waals surface area contributed by atoms with E-state index in [1.165, 1.54) is 13.2 Å². The molecule has 3 aromatic rings. The van der Waals surface area contributed by atoms with E-state index < -0.39 is 5.41 Å². The van der Waals surface area contributed by atoms with Gasteiger partial charge in [0.15, 0.2) is 5.82 Å². The van der Waals surface area contributed by atoms with Gasteiger partial charge in [-0.3, -0.25) is 9.48 Å². The smallest absolute Gasteiger partial charge is 0.305 e. The molecule has 3 fully saturated rings. The Kier molecular flexibility index (Phi) is 10.4. The molecule has 0 bridgehead atoms. The molecule has 1 aliphatic carbocycles. The molecule has 3 aliphatic rings. The molecule has 0 radical (unpaired) electrons. The first-order valence-electron chi connectivity index (χ1n) is 17.2. The molecule has 6 rings (SSSR count). The quantitative estimate of drug-likeness (QED) is 0.244. The van der Waals surface area contributed by atoms with Gasteiger partial charge in [0.2, 0.25) is 0 Å². The summed E-state index contributed by atoms with van der Waals surface area (Å²) in [6, 6.07) is 12.7. The minimum absolute atomic E-state index is 0.143. The number of hydrogen-bond acceptors (Lipinski definition) is 8. The minimum Gasteiger partial charge on any atom is -0.469 e. The van der Waals surface area contributed by atoms with E-state index >= 15 is 4.39 Å². The molecule has 9 nitrogen and oxygen atoms in total. The van der Waals surface area contributed by atoms with E-state index in [0.29, 0.717) is 42.2 Å². The van der Waals surface area contributed by atoms with Crippen LogP contribution in [0, 0.1) is 46.6 Å². The van der Waals surface area contributed by atoms with Crippen LogP contribution in [0.3, 0.4) is 0 Å². The second kappa shape index (κ2) is 14.7. The Hall–Kier alpha value is -3.88. The van der Waals surface area contributed by atoms with E-state index in [2.05, 4.69) is 32.2 Å². The van der Waals surface area contributed by atoms with E-state index in [9.17, 15) is 14.4 Å². The molecule has 0 amide bonds. The highest BCUT2D eigenvalue weighted by molar-refractivity contribution is 5.69. The summed E-state index contributed by atoms with van der Waals surface area (Å²) in [6.07, 6.45) is 8.76. The average Bonchev–Trinajstić information content (AvgIpc) is 3.75. The largest absolute Gasteiger partial charge is 0.469 e. The third kappa shape index (κ3) is 6.96.